The Morgan fingerprint density at radius 2 is 2.41 bits per heavy atom. The number of rotatable bonds is 3. The van der Waals surface area contributed by atoms with Gasteiger partial charge in [0, 0.05) is 38.1 Å². The summed E-state index contributed by atoms with van der Waals surface area (Å²) >= 11 is 0. The molecule has 1 aliphatic heterocycles. The second kappa shape index (κ2) is 5.36. The Morgan fingerprint density at radius 3 is 3.12 bits per heavy atom. The zero-order valence-corrected chi connectivity index (χ0v) is 10.6. The molecule has 1 saturated heterocycles. The molecule has 0 saturated carbocycles. The number of piperidine rings is 1. The molecule has 1 aromatic rings. The lowest BCUT2D eigenvalue weighted by Gasteiger charge is -2.33. The number of hydrogen-bond acceptors (Lipinski definition) is 4. The lowest BCUT2D eigenvalue weighted by Crippen LogP contribution is -2.37. The molecule has 2 rings (SSSR count). The molecular formula is C13H21N3O. The van der Waals surface area contributed by atoms with Gasteiger partial charge in [0.2, 0.25) is 0 Å². The first kappa shape index (κ1) is 12.2. The van der Waals surface area contributed by atoms with Crippen LogP contribution in [0.15, 0.2) is 12.3 Å². The molecule has 4 nitrogen and oxygen atoms in total. The highest BCUT2D eigenvalue weighted by Crippen LogP contribution is 2.24. The molecule has 1 aromatic heterocycles. The Balaban J connectivity index is 2.08. The van der Waals surface area contributed by atoms with E-state index in [1.54, 1.807) is 7.11 Å². The van der Waals surface area contributed by atoms with Crippen molar-refractivity contribution in [3.05, 3.63) is 17.8 Å². The Hall–Kier alpha value is -1.29. The van der Waals surface area contributed by atoms with Crippen molar-refractivity contribution in [2.45, 2.75) is 19.8 Å². The van der Waals surface area contributed by atoms with Crippen molar-refractivity contribution in [1.82, 2.24) is 4.98 Å². The molecule has 0 amide bonds. The van der Waals surface area contributed by atoms with E-state index in [-0.39, 0.29) is 0 Å². The van der Waals surface area contributed by atoms with Gasteiger partial charge in [-0.25, -0.2) is 4.98 Å². The van der Waals surface area contributed by atoms with Gasteiger partial charge >= 0.3 is 0 Å². The lowest BCUT2D eigenvalue weighted by molar-refractivity contribution is 0.143. The highest BCUT2D eigenvalue weighted by Gasteiger charge is 2.20. The number of hydrogen-bond donors (Lipinski definition) is 1. The van der Waals surface area contributed by atoms with E-state index in [0.717, 1.165) is 36.8 Å². The zero-order chi connectivity index (χ0) is 12.3. The third-order valence-corrected chi connectivity index (χ3v) is 3.38. The average Bonchev–Trinajstić information content (AvgIpc) is 2.33. The van der Waals surface area contributed by atoms with E-state index < -0.39 is 0 Å². The summed E-state index contributed by atoms with van der Waals surface area (Å²) in [6.07, 6.45) is 4.29. The summed E-state index contributed by atoms with van der Waals surface area (Å²) in [4.78, 5) is 6.77. The van der Waals surface area contributed by atoms with Gasteiger partial charge in [-0.3, -0.25) is 0 Å². The van der Waals surface area contributed by atoms with Crippen LogP contribution in [0.5, 0.6) is 0 Å². The van der Waals surface area contributed by atoms with Crippen molar-refractivity contribution >= 4 is 11.5 Å². The predicted molar refractivity (Wildman–Crippen MR) is 70.2 cm³/mol. The van der Waals surface area contributed by atoms with Crippen LogP contribution in [0.4, 0.5) is 11.5 Å². The first-order chi connectivity index (χ1) is 8.20. The van der Waals surface area contributed by atoms with Crippen molar-refractivity contribution in [2.75, 3.05) is 37.4 Å². The van der Waals surface area contributed by atoms with E-state index in [9.17, 15) is 0 Å². The van der Waals surface area contributed by atoms with Crippen molar-refractivity contribution in [2.24, 2.45) is 5.92 Å². The molecule has 4 heteroatoms. The predicted octanol–water partition coefficient (Wildman–Crippen LogP) is 1.84. The van der Waals surface area contributed by atoms with Gasteiger partial charge in [0.15, 0.2) is 0 Å². The Morgan fingerprint density at radius 1 is 1.59 bits per heavy atom. The van der Waals surface area contributed by atoms with E-state index >= 15 is 0 Å². The number of anilines is 2. The number of nitrogen functional groups attached to an aromatic ring is 1. The summed E-state index contributed by atoms with van der Waals surface area (Å²) in [5.74, 6) is 1.60. The number of pyridine rings is 1. The van der Waals surface area contributed by atoms with Crippen LogP contribution in [0.3, 0.4) is 0 Å². The molecule has 0 radical (unpaired) electrons. The first-order valence-electron chi connectivity index (χ1n) is 6.16. The molecular weight excluding hydrogens is 214 g/mol. The van der Waals surface area contributed by atoms with E-state index in [2.05, 4.69) is 9.88 Å². The lowest BCUT2D eigenvalue weighted by atomic mass is 9.99. The van der Waals surface area contributed by atoms with Gasteiger partial charge in [-0.2, -0.15) is 0 Å². The maximum atomic E-state index is 5.93. The SMILES string of the molecule is COCC1CCCN(c2cc(N)c(C)cn2)C1. The normalized spacial score (nSPS) is 20.6. The third kappa shape index (κ3) is 2.88. The van der Waals surface area contributed by atoms with Crippen molar-refractivity contribution < 1.29 is 4.74 Å². The summed E-state index contributed by atoms with van der Waals surface area (Å²) in [5.41, 5.74) is 7.79. The first-order valence-corrected chi connectivity index (χ1v) is 6.16. The van der Waals surface area contributed by atoms with Crippen LogP contribution in [-0.4, -0.2) is 31.8 Å². The van der Waals surface area contributed by atoms with E-state index in [4.69, 9.17) is 10.5 Å². The zero-order valence-electron chi connectivity index (χ0n) is 10.6. The fourth-order valence-electron chi connectivity index (χ4n) is 2.35. The quantitative estimate of drug-likeness (QED) is 0.868. The number of nitrogens with zero attached hydrogens (tertiary/aromatic N) is 2. The van der Waals surface area contributed by atoms with Gasteiger partial charge in [0.1, 0.15) is 5.82 Å². The third-order valence-electron chi connectivity index (χ3n) is 3.38. The van der Waals surface area contributed by atoms with Gasteiger partial charge < -0.3 is 15.4 Å². The fourth-order valence-corrected chi connectivity index (χ4v) is 2.35. The number of ether oxygens (including phenoxy) is 1. The Kier molecular flexibility index (Phi) is 3.84. The molecule has 1 fully saturated rings. The molecule has 17 heavy (non-hydrogen) atoms. The van der Waals surface area contributed by atoms with Crippen LogP contribution in [0.1, 0.15) is 18.4 Å². The van der Waals surface area contributed by atoms with Gasteiger partial charge in [-0.15, -0.1) is 0 Å². The molecule has 0 aliphatic carbocycles. The molecule has 1 unspecified atom stereocenters. The topological polar surface area (TPSA) is 51.4 Å². The summed E-state index contributed by atoms with van der Waals surface area (Å²) in [5, 5.41) is 0. The highest BCUT2D eigenvalue weighted by molar-refractivity contribution is 5.54. The van der Waals surface area contributed by atoms with Crippen LogP contribution in [0, 0.1) is 12.8 Å². The van der Waals surface area contributed by atoms with Crippen LogP contribution >= 0.6 is 0 Å². The molecule has 1 aliphatic rings. The minimum Gasteiger partial charge on any atom is -0.398 e. The molecule has 1 atom stereocenters. The smallest absolute Gasteiger partial charge is 0.130 e. The average molecular weight is 235 g/mol. The van der Waals surface area contributed by atoms with E-state index in [1.165, 1.54) is 12.8 Å². The summed E-state index contributed by atoms with van der Waals surface area (Å²) in [7, 11) is 1.76. The maximum Gasteiger partial charge on any atom is 0.130 e. The Bertz CT molecular complexity index is 379. The number of aromatic nitrogens is 1. The van der Waals surface area contributed by atoms with Crippen LogP contribution in [0.25, 0.3) is 0 Å². The van der Waals surface area contributed by atoms with Crippen LogP contribution < -0.4 is 10.6 Å². The second-order valence-electron chi connectivity index (χ2n) is 4.81. The highest BCUT2D eigenvalue weighted by atomic mass is 16.5. The Labute approximate surface area is 103 Å². The van der Waals surface area contributed by atoms with E-state index in [1.807, 2.05) is 19.2 Å². The number of methoxy groups -OCH3 is 1. The summed E-state index contributed by atoms with van der Waals surface area (Å²) in [6.45, 7) is 4.90. The largest absolute Gasteiger partial charge is 0.398 e. The van der Waals surface area contributed by atoms with Gasteiger partial charge in [0.05, 0.1) is 6.61 Å². The maximum absolute atomic E-state index is 5.93. The minimum atomic E-state index is 0.609. The number of aryl methyl sites for hydroxylation is 1. The summed E-state index contributed by atoms with van der Waals surface area (Å²) in [6, 6.07) is 1.98. The molecule has 0 spiro atoms. The second-order valence-corrected chi connectivity index (χ2v) is 4.81. The van der Waals surface area contributed by atoms with Gasteiger partial charge in [-0.05, 0) is 31.2 Å². The van der Waals surface area contributed by atoms with Gasteiger partial charge in [-0.1, -0.05) is 0 Å². The summed E-state index contributed by atoms with van der Waals surface area (Å²) < 4.78 is 5.24. The molecule has 2 N–H and O–H groups in total. The molecule has 2 heterocycles. The van der Waals surface area contributed by atoms with E-state index in [0.29, 0.717) is 5.92 Å². The standard InChI is InChI=1S/C13H21N3O/c1-10-7-15-13(6-12(10)14)16-5-3-4-11(8-16)9-17-2/h6-7,11H,3-5,8-9H2,1-2H3,(H2,14,15). The number of nitrogens with two attached hydrogens (primary N) is 1. The van der Waals surface area contributed by atoms with Gasteiger partial charge in [0.25, 0.3) is 0 Å². The monoisotopic (exact) mass is 235 g/mol. The van der Waals surface area contributed by atoms with Crippen molar-refractivity contribution in [3.8, 4) is 0 Å². The van der Waals surface area contributed by atoms with Crippen LogP contribution in [-0.2, 0) is 4.74 Å². The van der Waals surface area contributed by atoms with Crippen molar-refractivity contribution in [3.63, 3.8) is 0 Å². The minimum absolute atomic E-state index is 0.609. The van der Waals surface area contributed by atoms with Crippen LogP contribution in [0.2, 0.25) is 0 Å². The molecule has 0 aromatic carbocycles. The fraction of sp³-hybridized carbons (Fsp3) is 0.615. The van der Waals surface area contributed by atoms with Crippen molar-refractivity contribution in [1.29, 1.82) is 0 Å². The molecule has 94 valence electrons. The molecule has 0 bridgehead atoms.